The molecule has 34 heavy (non-hydrogen) atoms. The van der Waals surface area contributed by atoms with E-state index in [1.54, 1.807) is 36.4 Å². The van der Waals surface area contributed by atoms with Crippen molar-refractivity contribution in [1.82, 2.24) is 40.6 Å². The standard InChI is InChI=1S/C21H15Cl2N9O2/c22-13-3-5-15(32-10-26-30-31-32)11(7-13)2-6-18(33)25-9-17-27-19(20(23)28-17)12-1-4-14-16(8-12)34-29-21(14)24/h1-8,10H,9H2,(H2,24,29)(H,25,33)(H,27,28)/b6-2+. The van der Waals surface area contributed by atoms with E-state index in [0.29, 0.717) is 49.7 Å². The van der Waals surface area contributed by atoms with Crippen LogP contribution in [-0.2, 0) is 11.3 Å². The topological polar surface area (TPSA) is 153 Å². The SMILES string of the molecule is Nc1noc2cc(-c3nc(CNC(=O)/C=C/c4cc(Cl)ccc4-n4cnnn4)[nH]c3Cl)ccc12. The molecular weight excluding hydrogens is 481 g/mol. The zero-order valence-corrected chi connectivity index (χ0v) is 18.7. The average molecular weight is 496 g/mol. The molecule has 0 aliphatic carbocycles. The molecule has 0 unspecified atom stereocenters. The van der Waals surface area contributed by atoms with Crippen LogP contribution in [0.1, 0.15) is 11.4 Å². The van der Waals surface area contributed by atoms with Gasteiger partial charge in [-0.3, -0.25) is 4.79 Å². The highest BCUT2D eigenvalue weighted by atomic mass is 35.5. The van der Waals surface area contributed by atoms with Crippen molar-refractivity contribution in [2.45, 2.75) is 6.54 Å². The molecule has 11 nitrogen and oxygen atoms in total. The van der Waals surface area contributed by atoms with Crippen LogP contribution < -0.4 is 11.1 Å². The van der Waals surface area contributed by atoms with Gasteiger partial charge >= 0.3 is 0 Å². The van der Waals surface area contributed by atoms with Crippen LogP contribution >= 0.6 is 23.2 Å². The number of aromatic nitrogens is 7. The molecule has 13 heteroatoms. The lowest BCUT2D eigenvalue weighted by atomic mass is 10.1. The van der Waals surface area contributed by atoms with Gasteiger partial charge in [0.25, 0.3) is 0 Å². The number of nitrogen functional groups attached to an aromatic ring is 1. The zero-order valence-electron chi connectivity index (χ0n) is 17.2. The Morgan fingerprint density at radius 1 is 1.24 bits per heavy atom. The smallest absolute Gasteiger partial charge is 0.244 e. The molecule has 170 valence electrons. The number of aromatic amines is 1. The summed E-state index contributed by atoms with van der Waals surface area (Å²) in [4.78, 5) is 19.8. The number of nitrogens with zero attached hydrogens (tertiary/aromatic N) is 6. The maximum Gasteiger partial charge on any atom is 0.244 e. The van der Waals surface area contributed by atoms with E-state index in [1.165, 1.54) is 17.1 Å². The molecule has 0 fully saturated rings. The van der Waals surface area contributed by atoms with Crippen molar-refractivity contribution < 1.29 is 9.32 Å². The zero-order chi connectivity index (χ0) is 23.7. The molecule has 0 radical (unpaired) electrons. The fourth-order valence-corrected chi connectivity index (χ4v) is 3.75. The minimum Gasteiger partial charge on any atom is -0.380 e. The summed E-state index contributed by atoms with van der Waals surface area (Å²) in [7, 11) is 0. The van der Waals surface area contributed by atoms with Crippen LogP contribution in [0, 0.1) is 0 Å². The number of nitrogens with two attached hydrogens (primary N) is 1. The Morgan fingerprint density at radius 3 is 2.94 bits per heavy atom. The van der Waals surface area contributed by atoms with E-state index in [1.807, 2.05) is 6.07 Å². The van der Waals surface area contributed by atoms with Gasteiger partial charge in [0.05, 0.1) is 17.6 Å². The van der Waals surface area contributed by atoms with Gasteiger partial charge in [-0.05, 0) is 46.8 Å². The first-order valence-electron chi connectivity index (χ1n) is 9.86. The number of hydrogen-bond donors (Lipinski definition) is 3. The lowest BCUT2D eigenvalue weighted by Gasteiger charge is -2.05. The van der Waals surface area contributed by atoms with Gasteiger partial charge in [-0.25, -0.2) is 4.98 Å². The fraction of sp³-hybridized carbons (Fsp3) is 0.0476. The highest BCUT2D eigenvalue weighted by Gasteiger charge is 2.14. The largest absolute Gasteiger partial charge is 0.380 e. The molecule has 5 rings (SSSR count). The molecule has 0 saturated heterocycles. The maximum absolute atomic E-state index is 12.4. The van der Waals surface area contributed by atoms with Crippen LogP contribution in [-0.4, -0.2) is 41.2 Å². The predicted molar refractivity (Wildman–Crippen MR) is 126 cm³/mol. The molecule has 1 amide bonds. The molecule has 4 N–H and O–H groups in total. The lowest BCUT2D eigenvalue weighted by Crippen LogP contribution is -2.21. The van der Waals surface area contributed by atoms with Gasteiger partial charge < -0.3 is 20.6 Å². The number of hydrogen-bond acceptors (Lipinski definition) is 8. The van der Waals surface area contributed by atoms with Gasteiger partial charge in [-0.1, -0.05) is 34.4 Å². The van der Waals surface area contributed by atoms with Gasteiger partial charge in [0.2, 0.25) is 5.91 Å². The van der Waals surface area contributed by atoms with Gasteiger partial charge in [-0.15, -0.1) is 5.10 Å². The van der Waals surface area contributed by atoms with Crippen LogP contribution in [0.3, 0.4) is 0 Å². The van der Waals surface area contributed by atoms with E-state index in [-0.39, 0.29) is 12.5 Å². The Kier molecular flexibility index (Phi) is 5.70. The molecule has 3 aromatic heterocycles. The van der Waals surface area contributed by atoms with Gasteiger partial charge in [0.1, 0.15) is 23.0 Å². The van der Waals surface area contributed by atoms with Crippen LogP contribution in [0.5, 0.6) is 0 Å². The highest BCUT2D eigenvalue weighted by Crippen LogP contribution is 2.30. The van der Waals surface area contributed by atoms with Gasteiger partial charge in [-0.2, -0.15) is 4.68 Å². The number of carbonyl (C=O) groups excluding carboxylic acids is 1. The second-order valence-corrected chi connectivity index (χ2v) is 7.95. The van der Waals surface area contributed by atoms with E-state index in [2.05, 4.69) is 36.0 Å². The molecule has 0 saturated carbocycles. The van der Waals surface area contributed by atoms with Crippen LogP contribution in [0.2, 0.25) is 10.2 Å². The number of amides is 1. The summed E-state index contributed by atoms with van der Waals surface area (Å²) in [5, 5.41) is 19.2. The van der Waals surface area contributed by atoms with Crippen LogP contribution in [0.15, 0.2) is 53.3 Å². The summed E-state index contributed by atoms with van der Waals surface area (Å²) in [6, 6.07) is 10.5. The van der Waals surface area contributed by atoms with E-state index in [0.717, 1.165) is 5.56 Å². The molecule has 2 aromatic carbocycles. The monoisotopic (exact) mass is 495 g/mol. The lowest BCUT2D eigenvalue weighted by molar-refractivity contribution is -0.116. The Labute approximate surface area is 201 Å². The number of anilines is 1. The average Bonchev–Trinajstić information content (AvgIpc) is 3.57. The number of benzene rings is 2. The summed E-state index contributed by atoms with van der Waals surface area (Å²) in [5.74, 6) is 0.459. The van der Waals surface area contributed by atoms with Crippen molar-refractivity contribution in [3.63, 3.8) is 0 Å². The number of H-pyrrole nitrogens is 1. The summed E-state index contributed by atoms with van der Waals surface area (Å²) >= 11 is 12.4. The third kappa shape index (κ3) is 4.34. The molecule has 5 aromatic rings. The Balaban J connectivity index is 1.28. The minimum atomic E-state index is -0.338. The number of tetrazole rings is 1. The quantitative estimate of drug-likeness (QED) is 0.302. The predicted octanol–water partition coefficient (Wildman–Crippen LogP) is 3.41. The molecule has 0 aliphatic heterocycles. The van der Waals surface area contributed by atoms with E-state index in [4.69, 9.17) is 33.5 Å². The third-order valence-electron chi connectivity index (χ3n) is 4.91. The van der Waals surface area contributed by atoms with Gasteiger partial charge in [0.15, 0.2) is 11.4 Å². The van der Waals surface area contributed by atoms with Crippen LogP contribution in [0.25, 0.3) is 34.0 Å². The number of carbonyl (C=O) groups is 1. The van der Waals surface area contributed by atoms with E-state index >= 15 is 0 Å². The Hall–Kier alpha value is -4.22. The summed E-state index contributed by atoms with van der Waals surface area (Å²) in [5.41, 5.74) is 8.86. The summed E-state index contributed by atoms with van der Waals surface area (Å²) in [6.07, 6.45) is 4.46. The second-order valence-electron chi connectivity index (χ2n) is 7.13. The van der Waals surface area contributed by atoms with Crippen molar-refractivity contribution in [2.24, 2.45) is 0 Å². The molecule has 0 bridgehead atoms. The molecular formula is C21H15Cl2N9O2. The molecule has 3 heterocycles. The fourth-order valence-electron chi connectivity index (χ4n) is 3.31. The van der Waals surface area contributed by atoms with Crippen molar-refractivity contribution in [3.8, 4) is 16.9 Å². The van der Waals surface area contributed by atoms with E-state index in [9.17, 15) is 4.79 Å². The van der Waals surface area contributed by atoms with Crippen molar-refractivity contribution >= 4 is 52.0 Å². The number of nitrogens with one attached hydrogen (secondary N) is 2. The minimum absolute atomic E-state index is 0.135. The Bertz CT molecular complexity index is 1520. The maximum atomic E-state index is 12.4. The molecule has 0 aliphatic rings. The molecule has 0 atom stereocenters. The van der Waals surface area contributed by atoms with Crippen molar-refractivity contribution in [3.05, 3.63) is 70.4 Å². The Morgan fingerprint density at radius 2 is 2.12 bits per heavy atom. The number of imidazole rings is 1. The summed E-state index contributed by atoms with van der Waals surface area (Å²) in [6.45, 7) is 0.135. The normalized spacial score (nSPS) is 11.5. The van der Waals surface area contributed by atoms with Gasteiger partial charge in [0, 0.05) is 22.2 Å². The first-order valence-corrected chi connectivity index (χ1v) is 10.6. The number of halogens is 2. The first kappa shape index (κ1) is 21.6. The third-order valence-corrected chi connectivity index (χ3v) is 5.42. The van der Waals surface area contributed by atoms with Crippen molar-refractivity contribution in [1.29, 1.82) is 0 Å². The first-order chi connectivity index (χ1) is 16.5. The highest BCUT2D eigenvalue weighted by molar-refractivity contribution is 6.32. The second kappa shape index (κ2) is 8.96. The number of rotatable bonds is 6. The van der Waals surface area contributed by atoms with E-state index < -0.39 is 0 Å². The molecule has 0 spiro atoms. The van der Waals surface area contributed by atoms with Crippen molar-refractivity contribution in [2.75, 3.05) is 5.73 Å². The summed E-state index contributed by atoms with van der Waals surface area (Å²) < 4.78 is 6.67. The number of fused-ring (bicyclic) bond motifs is 1. The van der Waals surface area contributed by atoms with Crippen LogP contribution in [0.4, 0.5) is 5.82 Å².